The summed E-state index contributed by atoms with van der Waals surface area (Å²) in [5.74, 6) is -1.01. The first kappa shape index (κ1) is 19.1. The number of carbonyl (C=O) groups is 2. The minimum absolute atomic E-state index is 0.151. The Morgan fingerprint density at radius 2 is 1.70 bits per heavy atom. The van der Waals surface area contributed by atoms with E-state index in [-0.39, 0.29) is 11.4 Å². The maximum atomic E-state index is 12.8. The molecule has 8 heteroatoms. The third kappa shape index (κ3) is 4.02. The molecule has 0 spiro atoms. The van der Waals surface area contributed by atoms with Gasteiger partial charge in [-0.3, -0.25) is 9.59 Å². The molecule has 3 rings (SSSR count). The van der Waals surface area contributed by atoms with Crippen molar-refractivity contribution < 1.29 is 18.7 Å². The van der Waals surface area contributed by atoms with E-state index in [0.717, 1.165) is 0 Å². The van der Waals surface area contributed by atoms with Crippen LogP contribution in [-0.4, -0.2) is 17.4 Å². The molecule has 1 aromatic heterocycles. The van der Waals surface area contributed by atoms with Crippen molar-refractivity contribution in [2.75, 3.05) is 5.32 Å². The van der Waals surface area contributed by atoms with Crippen LogP contribution in [0.15, 0.2) is 46.9 Å². The number of primary amides is 1. The Balaban J connectivity index is 1.92. The molecule has 2 aromatic carbocycles. The van der Waals surface area contributed by atoms with Crippen LogP contribution in [0.4, 0.5) is 5.69 Å². The zero-order valence-corrected chi connectivity index (χ0v) is 16.0. The number of hydrogen-bond acceptors (Lipinski definition) is 4. The zero-order chi connectivity index (χ0) is 19.8. The second-order valence-corrected chi connectivity index (χ2v) is 7.20. The van der Waals surface area contributed by atoms with Crippen LogP contribution in [0.1, 0.15) is 24.4 Å². The van der Waals surface area contributed by atoms with E-state index < -0.39 is 17.4 Å². The van der Waals surface area contributed by atoms with Gasteiger partial charge >= 0.3 is 0 Å². The van der Waals surface area contributed by atoms with Gasteiger partial charge in [-0.1, -0.05) is 23.2 Å². The average Bonchev–Trinajstić information content (AvgIpc) is 2.95. The summed E-state index contributed by atoms with van der Waals surface area (Å²) in [6.45, 7) is 3.19. The highest BCUT2D eigenvalue weighted by molar-refractivity contribution is 6.31. The molecule has 0 aliphatic rings. The molecule has 0 saturated carbocycles. The number of amides is 2. The number of furan rings is 1. The Morgan fingerprint density at radius 3 is 2.33 bits per heavy atom. The Hall–Kier alpha value is -2.70. The maximum Gasteiger partial charge on any atom is 0.286 e. The second kappa shape index (κ2) is 7.13. The average molecular weight is 407 g/mol. The van der Waals surface area contributed by atoms with Crippen molar-refractivity contribution in [3.8, 4) is 5.75 Å². The van der Waals surface area contributed by atoms with Gasteiger partial charge in [0.2, 0.25) is 5.76 Å². The first-order valence-electron chi connectivity index (χ1n) is 7.95. The quantitative estimate of drug-likeness (QED) is 0.645. The molecule has 1 heterocycles. The molecule has 6 nitrogen and oxygen atoms in total. The number of rotatable bonds is 5. The molecular formula is C19H16Cl2N2O4. The monoisotopic (exact) mass is 406 g/mol. The van der Waals surface area contributed by atoms with Crippen LogP contribution in [0.3, 0.4) is 0 Å². The van der Waals surface area contributed by atoms with Gasteiger partial charge in [0.15, 0.2) is 5.60 Å². The first-order chi connectivity index (χ1) is 12.7. The number of anilines is 1. The Bertz CT molecular complexity index is 1030. The third-order valence-corrected chi connectivity index (χ3v) is 4.33. The molecule has 0 fully saturated rings. The number of carbonyl (C=O) groups excluding carboxylic acids is 2. The number of fused-ring (bicyclic) bond motifs is 1. The van der Waals surface area contributed by atoms with Crippen molar-refractivity contribution in [2.45, 2.75) is 19.4 Å². The highest BCUT2D eigenvalue weighted by Crippen LogP contribution is 2.33. The van der Waals surface area contributed by atoms with Crippen LogP contribution in [0.2, 0.25) is 10.0 Å². The highest BCUT2D eigenvalue weighted by Gasteiger charge is 2.32. The number of nitrogens with two attached hydrogens (primary N) is 1. The predicted molar refractivity (Wildman–Crippen MR) is 105 cm³/mol. The topological polar surface area (TPSA) is 94.6 Å². The van der Waals surface area contributed by atoms with Gasteiger partial charge in [0, 0.05) is 15.4 Å². The molecule has 0 radical (unpaired) electrons. The molecule has 3 aromatic rings. The van der Waals surface area contributed by atoms with Crippen LogP contribution >= 0.6 is 23.2 Å². The smallest absolute Gasteiger partial charge is 0.286 e. The number of ether oxygens (including phenoxy) is 1. The van der Waals surface area contributed by atoms with Gasteiger partial charge in [-0.25, -0.2) is 0 Å². The second-order valence-electron chi connectivity index (χ2n) is 6.33. The third-order valence-electron chi connectivity index (χ3n) is 3.85. The van der Waals surface area contributed by atoms with Crippen molar-refractivity contribution in [1.82, 2.24) is 0 Å². The zero-order valence-electron chi connectivity index (χ0n) is 14.5. The summed E-state index contributed by atoms with van der Waals surface area (Å²) in [6.07, 6.45) is 0. The van der Waals surface area contributed by atoms with Crippen LogP contribution < -0.4 is 15.8 Å². The molecule has 0 aliphatic heterocycles. The molecule has 0 unspecified atom stereocenters. The van der Waals surface area contributed by atoms with E-state index in [9.17, 15) is 9.59 Å². The first-order valence-corrected chi connectivity index (χ1v) is 8.71. The lowest BCUT2D eigenvalue weighted by atomic mass is 10.1. The molecule has 0 saturated heterocycles. The van der Waals surface area contributed by atoms with Gasteiger partial charge in [0.1, 0.15) is 17.0 Å². The largest absolute Gasteiger partial charge is 0.478 e. The molecule has 3 N–H and O–H groups in total. The summed E-state index contributed by atoms with van der Waals surface area (Å²) in [5, 5.41) is 4.11. The Labute approximate surface area is 165 Å². The van der Waals surface area contributed by atoms with Crippen molar-refractivity contribution in [3.63, 3.8) is 0 Å². The van der Waals surface area contributed by atoms with Gasteiger partial charge in [0.25, 0.3) is 11.8 Å². The number of benzene rings is 2. The van der Waals surface area contributed by atoms with Crippen molar-refractivity contribution in [1.29, 1.82) is 0 Å². The SMILES string of the molecule is CC(C)(Oc1ccc(Cl)cc1)C(=O)Nc1c(C(N)=O)oc2ccc(Cl)cc12. The fourth-order valence-electron chi connectivity index (χ4n) is 2.48. The fourth-order valence-corrected chi connectivity index (χ4v) is 2.77. The Morgan fingerprint density at radius 1 is 1.07 bits per heavy atom. The van der Waals surface area contributed by atoms with E-state index in [0.29, 0.717) is 26.8 Å². The molecule has 0 bridgehead atoms. The molecule has 140 valence electrons. The van der Waals surface area contributed by atoms with Crippen LogP contribution in [0, 0.1) is 0 Å². The van der Waals surface area contributed by atoms with Crippen molar-refractivity contribution >= 4 is 51.7 Å². The summed E-state index contributed by atoms with van der Waals surface area (Å²) >= 11 is 11.9. The summed E-state index contributed by atoms with van der Waals surface area (Å²) < 4.78 is 11.2. The van der Waals surface area contributed by atoms with Gasteiger partial charge in [-0.05, 0) is 56.3 Å². The standard InChI is InChI=1S/C19H16Cl2N2O4/c1-19(2,27-12-6-3-10(20)4-7-12)18(25)23-15-13-9-11(21)5-8-14(13)26-16(15)17(22)24/h3-9H,1-2H3,(H2,22,24)(H,23,25). The molecule has 0 aliphatic carbocycles. The predicted octanol–water partition coefficient (Wildman–Crippen LogP) is 4.63. The van der Waals surface area contributed by atoms with Crippen LogP contribution in [-0.2, 0) is 4.79 Å². The molecule has 0 atom stereocenters. The number of halogens is 2. The number of nitrogens with one attached hydrogen (secondary N) is 1. The highest BCUT2D eigenvalue weighted by atomic mass is 35.5. The number of hydrogen-bond donors (Lipinski definition) is 2. The Kier molecular flexibility index (Phi) is 5.04. The molecular weight excluding hydrogens is 391 g/mol. The minimum atomic E-state index is -1.26. The normalized spacial score (nSPS) is 11.4. The lowest BCUT2D eigenvalue weighted by Crippen LogP contribution is -2.42. The van der Waals surface area contributed by atoms with Gasteiger partial charge in [0.05, 0.1) is 0 Å². The minimum Gasteiger partial charge on any atom is -0.478 e. The van der Waals surface area contributed by atoms with E-state index in [1.165, 1.54) is 0 Å². The van der Waals surface area contributed by atoms with E-state index in [4.69, 9.17) is 38.1 Å². The maximum absolute atomic E-state index is 12.8. The van der Waals surface area contributed by atoms with Crippen LogP contribution in [0.5, 0.6) is 5.75 Å². The lowest BCUT2D eigenvalue weighted by molar-refractivity contribution is -0.128. The van der Waals surface area contributed by atoms with Gasteiger partial charge in [-0.2, -0.15) is 0 Å². The summed E-state index contributed by atoms with van der Waals surface area (Å²) in [7, 11) is 0. The van der Waals surface area contributed by atoms with Gasteiger partial charge < -0.3 is 20.2 Å². The van der Waals surface area contributed by atoms with E-state index in [1.807, 2.05) is 0 Å². The molecule has 2 amide bonds. The summed E-state index contributed by atoms with van der Waals surface area (Å²) in [4.78, 5) is 24.5. The van der Waals surface area contributed by atoms with E-state index in [1.54, 1.807) is 56.3 Å². The van der Waals surface area contributed by atoms with Crippen molar-refractivity contribution in [3.05, 3.63) is 58.3 Å². The van der Waals surface area contributed by atoms with Crippen molar-refractivity contribution in [2.24, 2.45) is 5.73 Å². The summed E-state index contributed by atoms with van der Waals surface area (Å²) in [6, 6.07) is 11.4. The summed E-state index contributed by atoms with van der Waals surface area (Å²) in [5.41, 5.74) is 4.64. The molecule has 27 heavy (non-hydrogen) atoms. The lowest BCUT2D eigenvalue weighted by Gasteiger charge is -2.25. The fraction of sp³-hybridized carbons (Fsp3) is 0.158. The van der Waals surface area contributed by atoms with E-state index >= 15 is 0 Å². The van der Waals surface area contributed by atoms with Gasteiger partial charge in [-0.15, -0.1) is 0 Å². The van der Waals surface area contributed by atoms with E-state index in [2.05, 4.69) is 5.32 Å². The van der Waals surface area contributed by atoms with Crippen LogP contribution in [0.25, 0.3) is 11.0 Å².